The molecule has 0 aliphatic rings. The Morgan fingerprint density at radius 1 is 0.808 bits per heavy atom. The van der Waals surface area contributed by atoms with Gasteiger partial charge in [-0.25, -0.2) is 18.7 Å². The quantitative estimate of drug-likeness (QED) is 0.665. The molecule has 0 bridgehead atoms. The van der Waals surface area contributed by atoms with Gasteiger partial charge in [-0.2, -0.15) is 0 Å². The number of aromatic nitrogens is 1. The summed E-state index contributed by atoms with van der Waals surface area (Å²) in [5.74, 6) is -2.13. The first kappa shape index (κ1) is 17.4. The van der Waals surface area contributed by atoms with Gasteiger partial charge in [-0.05, 0) is 67.1 Å². The molecule has 0 fully saturated rings. The molecule has 0 aliphatic carbocycles. The molecule has 0 spiro atoms. The van der Waals surface area contributed by atoms with Crippen molar-refractivity contribution in [2.24, 2.45) is 0 Å². The van der Waals surface area contributed by atoms with E-state index >= 15 is 0 Å². The summed E-state index contributed by atoms with van der Waals surface area (Å²) in [6, 6.07) is 13.1. The molecule has 2 amide bonds. The van der Waals surface area contributed by atoms with Crippen molar-refractivity contribution in [1.29, 1.82) is 0 Å². The molecule has 1 heterocycles. The fraction of sp³-hybridized carbons (Fsp3) is 0.0500. The van der Waals surface area contributed by atoms with Crippen molar-refractivity contribution in [2.75, 3.05) is 4.90 Å². The number of amides is 2. The SMILES string of the molecule is Cc1cccnc1N(C(=O)c1ccc(F)cc1)C(=O)c1ccc(F)cc1. The highest BCUT2D eigenvalue weighted by atomic mass is 19.1. The smallest absolute Gasteiger partial charge is 0.266 e. The molecule has 0 saturated heterocycles. The molecule has 2 aromatic carbocycles. The van der Waals surface area contributed by atoms with Gasteiger partial charge in [0.25, 0.3) is 11.8 Å². The summed E-state index contributed by atoms with van der Waals surface area (Å²) in [7, 11) is 0. The highest BCUT2D eigenvalue weighted by Gasteiger charge is 2.28. The van der Waals surface area contributed by atoms with Gasteiger partial charge in [0.2, 0.25) is 0 Å². The Bertz CT molecular complexity index is 897. The minimum absolute atomic E-state index is 0.131. The van der Waals surface area contributed by atoms with Gasteiger partial charge in [0.1, 0.15) is 17.5 Å². The predicted molar refractivity (Wildman–Crippen MR) is 92.9 cm³/mol. The lowest BCUT2D eigenvalue weighted by atomic mass is 10.1. The molecule has 26 heavy (non-hydrogen) atoms. The Morgan fingerprint density at radius 3 is 1.69 bits per heavy atom. The first-order chi connectivity index (χ1) is 12.5. The van der Waals surface area contributed by atoms with Crippen LogP contribution in [-0.2, 0) is 0 Å². The molecule has 0 unspecified atom stereocenters. The van der Waals surface area contributed by atoms with Crippen molar-refractivity contribution in [3.63, 3.8) is 0 Å². The largest absolute Gasteiger partial charge is 0.268 e. The van der Waals surface area contributed by atoms with E-state index in [9.17, 15) is 18.4 Å². The molecule has 0 aliphatic heterocycles. The van der Waals surface area contributed by atoms with Crippen LogP contribution in [0.2, 0.25) is 0 Å². The van der Waals surface area contributed by atoms with E-state index in [1.54, 1.807) is 19.1 Å². The molecule has 1 aromatic heterocycles. The molecule has 3 rings (SSSR count). The Hall–Kier alpha value is -3.41. The van der Waals surface area contributed by atoms with E-state index in [-0.39, 0.29) is 16.9 Å². The lowest BCUT2D eigenvalue weighted by Crippen LogP contribution is -2.38. The summed E-state index contributed by atoms with van der Waals surface area (Å²) in [5.41, 5.74) is 0.872. The molecular formula is C20H14F2N2O2. The van der Waals surface area contributed by atoms with Crippen LogP contribution in [0.1, 0.15) is 26.3 Å². The maximum atomic E-state index is 13.2. The van der Waals surface area contributed by atoms with E-state index in [0.717, 1.165) is 29.2 Å². The zero-order valence-corrected chi connectivity index (χ0v) is 13.8. The molecule has 6 heteroatoms. The average Bonchev–Trinajstić information content (AvgIpc) is 2.64. The molecular weight excluding hydrogens is 338 g/mol. The van der Waals surface area contributed by atoms with Crippen LogP contribution in [0.15, 0.2) is 66.9 Å². The Balaban J connectivity index is 2.08. The normalized spacial score (nSPS) is 10.4. The second-order valence-electron chi connectivity index (χ2n) is 5.60. The van der Waals surface area contributed by atoms with E-state index in [1.807, 2.05) is 0 Å². The number of aryl methyl sites for hydroxylation is 1. The standard InChI is InChI=1S/C20H14F2N2O2/c1-13-3-2-12-23-18(13)24(19(25)14-4-8-16(21)9-5-14)20(26)15-6-10-17(22)11-7-15/h2-12H,1H3. The van der Waals surface area contributed by atoms with Crippen LogP contribution in [0.4, 0.5) is 14.6 Å². The van der Waals surface area contributed by atoms with Gasteiger partial charge in [0.05, 0.1) is 0 Å². The van der Waals surface area contributed by atoms with E-state index in [2.05, 4.69) is 4.98 Å². The number of pyridine rings is 1. The number of carbonyl (C=O) groups excluding carboxylic acids is 2. The van der Waals surface area contributed by atoms with Gasteiger partial charge in [-0.1, -0.05) is 6.07 Å². The first-order valence-corrected chi connectivity index (χ1v) is 7.79. The van der Waals surface area contributed by atoms with Crippen LogP contribution in [0.5, 0.6) is 0 Å². The summed E-state index contributed by atoms with van der Waals surface area (Å²) in [5, 5.41) is 0. The number of imide groups is 1. The topological polar surface area (TPSA) is 50.3 Å². The zero-order valence-electron chi connectivity index (χ0n) is 13.8. The predicted octanol–water partition coefficient (Wildman–Crippen LogP) is 4.16. The van der Waals surface area contributed by atoms with Crippen LogP contribution < -0.4 is 4.90 Å². The third-order valence-corrected chi connectivity index (χ3v) is 3.78. The molecule has 130 valence electrons. The van der Waals surface area contributed by atoms with E-state index in [0.29, 0.717) is 5.56 Å². The molecule has 4 nitrogen and oxygen atoms in total. The summed E-state index contributed by atoms with van der Waals surface area (Å²) in [6.07, 6.45) is 1.46. The number of nitrogens with zero attached hydrogens (tertiary/aromatic N) is 2. The zero-order chi connectivity index (χ0) is 18.7. The minimum Gasteiger partial charge on any atom is -0.268 e. The van der Waals surface area contributed by atoms with E-state index < -0.39 is 23.4 Å². The van der Waals surface area contributed by atoms with Gasteiger partial charge in [-0.3, -0.25) is 9.59 Å². The van der Waals surface area contributed by atoms with Crippen molar-refractivity contribution in [3.05, 3.63) is 95.2 Å². The lowest BCUT2D eigenvalue weighted by molar-refractivity contribution is 0.0896. The van der Waals surface area contributed by atoms with Crippen molar-refractivity contribution in [1.82, 2.24) is 4.98 Å². The maximum Gasteiger partial charge on any atom is 0.266 e. The molecule has 3 aromatic rings. The van der Waals surface area contributed by atoms with Crippen molar-refractivity contribution >= 4 is 17.6 Å². The van der Waals surface area contributed by atoms with Gasteiger partial charge in [0, 0.05) is 17.3 Å². The Morgan fingerprint density at radius 2 is 1.27 bits per heavy atom. The second-order valence-corrected chi connectivity index (χ2v) is 5.60. The summed E-state index contributed by atoms with van der Waals surface area (Å²) >= 11 is 0. The second kappa shape index (κ2) is 7.23. The Labute approximate surface area is 148 Å². The highest BCUT2D eigenvalue weighted by molar-refractivity contribution is 6.25. The average molecular weight is 352 g/mol. The number of rotatable bonds is 3. The van der Waals surface area contributed by atoms with Crippen LogP contribution in [-0.4, -0.2) is 16.8 Å². The highest BCUT2D eigenvalue weighted by Crippen LogP contribution is 2.22. The third kappa shape index (κ3) is 3.49. The Kier molecular flexibility index (Phi) is 4.84. The first-order valence-electron chi connectivity index (χ1n) is 7.79. The number of hydrogen-bond acceptors (Lipinski definition) is 3. The molecule has 0 radical (unpaired) electrons. The molecule has 0 saturated carbocycles. The van der Waals surface area contributed by atoms with Gasteiger partial charge in [-0.15, -0.1) is 0 Å². The summed E-state index contributed by atoms with van der Waals surface area (Å²) in [6.45, 7) is 1.71. The molecule has 0 atom stereocenters. The monoisotopic (exact) mass is 352 g/mol. The number of hydrogen-bond donors (Lipinski definition) is 0. The van der Waals surface area contributed by atoms with Crippen LogP contribution >= 0.6 is 0 Å². The van der Waals surface area contributed by atoms with Crippen LogP contribution in [0.3, 0.4) is 0 Å². The number of carbonyl (C=O) groups is 2. The van der Waals surface area contributed by atoms with Gasteiger partial charge in [0.15, 0.2) is 0 Å². The fourth-order valence-corrected chi connectivity index (χ4v) is 2.44. The van der Waals surface area contributed by atoms with Crippen LogP contribution in [0.25, 0.3) is 0 Å². The van der Waals surface area contributed by atoms with Crippen molar-refractivity contribution < 1.29 is 18.4 Å². The minimum atomic E-state index is -0.652. The van der Waals surface area contributed by atoms with E-state index in [1.165, 1.54) is 30.5 Å². The van der Waals surface area contributed by atoms with Crippen molar-refractivity contribution in [2.45, 2.75) is 6.92 Å². The molecule has 0 N–H and O–H groups in total. The summed E-state index contributed by atoms with van der Waals surface area (Å²) in [4.78, 5) is 31.0. The maximum absolute atomic E-state index is 13.2. The van der Waals surface area contributed by atoms with Crippen LogP contribution in [0, 0.1) is 18.6 Å². The lowest BCUT2D eigenvalue weighted by Gasteiger charge is -2.21. The third-order valence-electron chi connectivity index (χ3n) is 3.78. The number of anilines is 1. The van der Waals surface area contributed by atoms with Gasteiger partial charge < -0.3 is 0 Å². The number of benzene rings is 2. The van der Waals surface area contributed by atoms with Gasteiger partial charge >= 0.3 is 0 Å². The van der Waals surface area contributed by atoms with E-state index in [4.69, 9.17) is 0 Å². The fourth-order valence-electron chi connectivity index (χ4n) is 2.44. The number of halogens is 2. The summed E-state index contributed by atoms with van der Waals surface area (Å²) < 4.78 is 26.3. The van der Waals surface area contributed by atoms with Crippen molar-refractivity contribution in [3.8, 4) is 0 Å².